The van der Waals surface area contributed by atoms with Crippen molar-refractivity contribution in [1.29, 1.82) is 0 Å². The lowest BCUT2D eigenvalue weighted by molar-refractivity contribution is -0.384. The summed E-state index contributed by atoms with van der Waals surface area (Å²) >= 11 is 6.28. The summed E-state index contributed by atoms with van der Waals surface area (Å²) in [6.45, 7) is 12.1. The molecule has 6 aromatic rings. The van der Waals surface area contributed by atoms with Crippen molar-refractivity contribution < 1.29 is 37.3 Å². The monoisotopic (exact) mass is 1230 g/mol. The van der Waals surface area contributed by atoms with Gasteiger partial charge in [0, 0.05) is 105 Å². The van der Waals surface area contributed by atoms with Gasteiger partial charge >= 0.3 is 0 Å². The number of nitrogens with one attached hydrogen (secondary N) is 4. The zero-order chi connectivity index (χ0) is 61.5. The third-order valence-electron chi connectivity index (χ3n) is 17.8. The average molecular weight is 1230 g/mol. The molecule has 0 bridgehead atoms. The van der Waals surface area contributed by atoms with Crippen molar-refractivity contribution >= 4 is 78.9 Å². The van der Waals surface area contributed by atoms with E-state index in [0.29, 0.717) is 61.5 Å². The van der Waals surface area contributed by atoms with Gasteiger partial charge in [0.05, 0.1) is 27.1 Å². The van der Waals surface area contributed by atoms with Gasteiger partial charge in [-0.1, -0.05) is 86.4 Å². The molecule has 0 radical (unpaired) electrons. The lowest BCUT2D eigenvalue weighted by atomic mass is 9.72. The van der Waals surface area contributed by atoms with Crippen LogP contribution in [0.15, 0.2) is 114 Å². The number of halogens is 1. The number of benzene rings is 4. The maximum absolute atomic E-state index is 14.2. The van der Waals surface area contributed by atoms with E-state index >= 15 is 0 Å². The number of fused-ring (bicyclic) bond motifs is 2. The van der Waals surface area contributed by atoms with Crippen molar-refractivity contribution in [2.24, 2.45) is 11.3 Å². The van der Waals surface area contributed by atoms with Crippen molar-refractivity contribution in [3.05, 3.63) is 152 Å². The van der Waals surface area contributed by atoms with Crippen LogP contribution in [0.4, 0.5) is 17.1 Å². The zero-order valence-corrected chi connectivity index (χ0v) is 51.4. The fourth-order valence-corrected chi connectivity index (χ4v) is 14.0. The van der Waals surface area contributed by atoms with E-state index in [4.69, 9.17) is 16.3 Å². The average Bonchev–Trinajstić information content (AvgIpc) is 2.56. The normalized spacial score (nSPS) is 19.1. The second kappa shape index (κ2) is 27.1. The largest absolute Gasteiger partial charge is 0.455 e. The number of imide groups is 1. The van der Waals surface area contributed by atoms with Crippen molar-refractivity contribution in [2.75, 3.05) is 69.1 Å². The molecular formula is C67H75ClN10O9S. The minimum Gasteiger partial charge on any atom is -0.455 e. The van der Waals surface area contributed by atoms with Gasteiger partial charge in [-0.25, -0.2) is 18.1 Å². The molecule has 4 amide bonds. The smallest absolute Gasteiger partial charge is 0.293 e. The van der Waals surface area contributed by atoms with Gasteiger partial charge in [-0.2, -0.15) is 0 Å². The number of likely N-dealkylation sites (tertiary alicyclic amines) is 1. The number of H-pyrrole nitrogens is 1. The van der Waals surface area contributed by atoms with E-state index in [-0.39, 0.29) is 46.6 Å². The number of hydrogen-bond donors (Lipinski definition) is 4. The molecule has 2 unspecified atom stereocenters. The van der Waals surface area contributed by atoms with E-state index in [1.54, 1.807) is 35.4 Å². The van der Waals surface area contributed by atoms with Crippen LogP contribution in [-0.4, -0.2) is 127 Å². The number of anilines is 2. The summed E-state index contributed by atoms with van der Waals surface area (Å²) in [6.07, 6.45) is 14.7. The first-order valence-electron chi connectivity index (χ1n) is 30.7. The van der Waals surface area contributed by atoms with Crippen LogP contribution in [0.5, 0.6) is 11.5 Å². The van der Waals surface area contributed by atoms with Crippen LogP contribution in [-0.2, 0) is 26.2 Å². The van der Waals surface area contributed by atoms with Gasteiger partial charge in [0.15, 0.2) is 0 Å². The van der Waals surface area contributed by atoms with Crippen LogP contribution < -0.4 is 25.0 Å². The van der Waals surface area contributed by atoms with Gasteiger partial charge in [0.1, 0.15) is 28.9 Å². The number of nitro groups is 1. The first-order chi connectivity index (χ1) is 42.4. The molecule has 4 aliphatic heterocycles. The second-order valence-electron chi connectivity index (χ2n) is 24.7. The molecule has 0 saturated carbocycles. The van der Waals surface area contributed by atoms with Gasteiger partial charge in [-0.3, -0.25) is 39.5 Å². The topological polar surface area (TPSA) is 233 Å². The van der Waals surface area contributed by atoms with Crippen molar-refractivity contribution in [3.63, 3.8) is 0 Å². The van der Waals surface area contributed by atoms with Gasteiger partial charge in [-0.15, -0.1) is 0 Å². The molecular weight excluding hydrogens is 1160 g/mol. The Hall–Kier alpha value is -8.09. The highest BCUT2D eigenvalue weighted by Gasteiger charge is 2.40. The van der Waals surface area contributed by atoms with Gasteiger partial charge < -0.3 is 29.7 Å². The Bertz CT molecular complexity index is 3850. The Morgan fingerprint density at radius 3 is 2.52 bits per heavy atom. The summed E-state index contributed by atoms with van der Waals surface area (Å²) in [5.74, 6) is 5.19. The van der Waals surface area contributed by atoms with Crippen LogP contribution in [0.1, 0.15) is 135 Å². The number of piperazine rings is 1. The lowest BCUT2D eigenvalue weighted by Gasteiger charge is -2.39. The molecule has 6 heterocycles. The minimum absolute atomic E-state index is 0.0498. The van der Waals surface area contributed by atoms with Gasteiger partial charge in [-0.05, 0) is 147 Å². The van der Waals surface area contributed by atoms with E-state index in [0.717, 1.165) is 131 Å². The highest BCUT2D eigenvalue weighted by Crippen LogP contribution is 2.44. The Labute approximate surface area is 518 Å². The van der Waals surface area contributed by atoms with E-state index in [1.165, 1.54) is 35.0 Å². The molecule has 11 rings (SSSR count). The van der Waals surface area contributed by atoms with Crippen molar-refractivity contribution in [2.45, 2.75) is 115 Å². The van der Waals surface area contributed by atoms with Gasteiger partial charge in [0.2, 0.25) is 11.8 Å². The number of nitro benzene ring substituents is 1. The number of hydrogen-bond acceptors (Lipinski definition) is 14. The summed E-state index contributed by atoms with van der Waals surface area (Å²) in [5.41, 5.74) is 7.50. The number of carbonyl (C=O) groups is 4. The first kappa shape index (κ1) is 61.6. The van der Waals surface area contributed by atoms with Crippen LogP contribution in [0.3, 0.4) is 0 Å². The van der Waals surface area contributed by atoms with Crippen molar-refractivity contribution in [1.82, 2.24) is 34.7 Å². The number of unbranched alkanes of at least 4 members (excludes halogenated alkanes) is 5. The molecule has 4 aromatic carbocycles. The highest BCUT2D eigenvalue weighted by atomic mass is 35.5. The minimum atomic E-state index is -4.62. The number of aromatic nitrogens is 2. The molecule has 88 heavy (non-hydrogen) atoms. The molecule has 2 aromatic heterocycles. The second-order valence-corrected chi connectivity index (χ2v) is 26.8. The number of nitrogens with zero attached hydrogens (tertiary/aromatic N) is 6. The third-order valence-corrected chi connectivity index (χ3v) is 19.4. The molecule has 2 atom stereocenters. The molecule has 0 spiro atoms. The zero-order valence-electron chi connectivity index (χ0n) is 49.9. The Morgan fingerprint density at radius 1 is 0.909 bits per heavy atom. The Kier molecular flexibility index (Phi) is 19.0. The predicted molar refractivity (Wildman–Crippen MR) is 340 cm³/mol. The molecule has 21 heteroatoms. The van der Waals surface area contributed by atoms with Crippen LogP contribution in [0, 0.1) is 33.3 Å². The van der Waals surface area contributed by atoms with E-state index < -0.39 is 43.4 Å². The Morgan fingerprint density at radius 2 is 1.72 bits per heavy atom. The molecule has 4 N–H and O–H groups in total. The summed E-state index contributed by atoms with van der Waals surface area (Å²) < 4.78 is 36.6. The first-order valence-corrected chi connectivity index (χ1v) is 32.6. The predicted octanol–water partition coefficient (Wildman–Crippen LogP) is 11.1. The maximum Gasteiger partial charge on any atom is 0.293 e. The van der Waals surface area contributed by atoms with E-state index in [2.05, 4.69) is 77.8 Å². The molecule has 19 nitrogen and oxygen atoms in total. The number of pyridine rings is 1. The number of piperidine rings is 2. The fraction of sp³-hybridized carbons (Fsp3) is 0.418. The molecule has 5 aliphatic rings. The van der Waals surface area contributed by atoms with Crippen LogP contribution in [0.2, 0.25) is 5.02 Å². The number of rotatable bonds is 21. The lowest BCUT2D eigenvalue weighted by Crippen LogP contribution is -2.52. The van der Waals surface area contributed by atoms with Gasteiger partial charge in [0.25, 0.3) is 27.5 Å². The number of ether oxygens (including phenoxy) is 1. The number of carbonyl (C=O) groups excluding carboxylic acids is 4. The summed E-state index contributed by atoms with van der Waals surface area (Å²) in [5, 5.41) is 19.6. The highest BCUT2D eigenvalue weighted by molar-refractivity contribution is 7.90. The van der Waals surface area contributed by atoms with E-state index in [9.17, 15) is 37.7 Å². The number of aromatic amines is 1. The third kappa shape index (κ3) is 14.7. The molecule has 3 fully saturated rings. The van der Waals surface area contributed by atoms with Crippen molar-refractivity contribution in [3.8, 4) is 23.3 Å². The SMILES string of the molecule is CC1(C)CCC(CN2CCN(c3ccc(C(=O)NS(=O)(=O)c4ccc(NCC5CCCN(CCCCCCCC#Cc6cccc7c6C(=O)N(C6CCC(=O)NC6=O)C7)C5)c([N+](=O)[O-])c4)c(Oc4cnc5[nH]ccc5c4)c3)CC2)=C(c2ccc(Cl)cc2)C1. The summed E-state index contributed by atoms with van der Waals surface area (Å²) in [4.78, 5) is 79.5. The fourth-order valence-electron chi connectivity index (χ4n) is 12.9. The molecule has 460 valence electrons. The van der Waals surface area contributed by atoms with E-state index in [1.807, 2.05) is 36.4 Å². The number of amides is 4. The Balaban J connectivity index is 0.663. The molecule has 1 aliphatic carbocycles. The number of sulfonamides is 1. The van der Waals surface area contributed by atoms with Crippen LogP contribution >= 0.6 is 11.6 Å². The van der Waals surface area contributed by atoms with Crippen LogP contribution in [0.25, 0.3) is 16.6 Å². The quantitative estimate of drug-likeness (QED) is 0.0173. The summed E-state index contributed by atoms with van der Waals surface area (Å²) in [6, 6.07) is 25.4. The maximum atomic E-state index is 14.2. The molecule has 3 saturated heterocycles. The standard InChI is InChI=1S/C67H75ClN10O9S/c1-67(2)28-26-49(56(39-67)46-16-18-51(68)19-17-46)43-75-32-34-76(35-33-75)52-20-22-55(60(37-52)87-53-36-48-27-29-69-63(48)71-41-53)64(80)73-88(85,86)54-21-23-57(59(38-54)78(83)84)70-40-45-12-11-31-74(42-45)30-9-7-5-3-4-6-8-13-47-14-10-15-50-44-77(66(82)62(47)50)58-24-25-61(79)72-65(58)81/h10,14-23,27,29,36-38,41,45,58,70H,3-7,9,11-12,24-26,28,30-35,39-40,42-44H2,1-2H3,(H,69,71)(H,73,80)(H,72,79,81). The summed E-state index contributed by atoms with van der Waals surface area (Å²) in [7, 11) is -4.62. The number of allylic oxidation sites excluding steroid dienone is 1.